The van der Waals surface area contributed by atoms with E-state index in [0.717, 1.165) is 0 Å². The van der Waals surface area contributed by atoms with Crippen molar-refractivity contribution in [3.63, 3.8) is 0 Å². The van der Waals surface area contributed by atoms with Crippen molar-refractivity contribution in [2.24, 2.45) is 0 Å². The number of hydrogen-bond acceptors (Lipinski definition) is 1. The largest absolute Gasteiger partial charge is 0.416 e. The van der Waals surface area contributed by atoms with Gasteiger partial charge in [0, 0.05) is 18.3 Å². The zero-order valence-corrected chi connectivity index (χ0v) is 10.0. The zero-order chi connectivity index (χ0) is 13.3. The molecule has 0 fully saturated rings. The first-order chi connectivity index (χ1) is 8.41. The van der Waals surface area contributed by atoms with Crippen molar-refractivity contribution in [2.45, 2.75) is 25.9 Å². The highest BCUT2D eigenvalue weighted by Gasteiger charge is 2.36. The van der Waals surface area contributed by atoms with E-state index in [1.165, 1.54) is 25.3 Å². The van der Waals surface area contributed by atoms with Crippen molar-refractivity contribution in [3.8, 4) is 0 Å². The summed E-state index contributed by atoms with van der Waals surface area (Å²) in [5.74, 6) is 0.114. The van der Waals surface area contributed by atoms with Crippen LogP contribution in [0.15, 0.2) is 30.6 Å². The van der Waals surface area contributed by atoms with Gasteiger partial charge < -0.3 is 4.98 Å². The number of aromatic amines is 1. The molecule has 0 radical (unpaired) electrons. The van der Waals surface area contributed by atoms with E-state index in [1.54, 1.807) is 19.2 Å². The van der Waals surface area contributed by atoms with Gasteiger partial charge in [-0.15, -0.1) is 0 Å². The fraction of sp³-hybridized carbons (Fsp3) is 0.308. The van der Waals surface area contributed by atoms with E-state index in [9.17, 15) is 13.2 Å². The second-order valence-electron chi connectivity index (χ2n) is 4.23. The Morgan fingerprint density at radius 2 is 2.00 bits per heavy atom. The van der Waals surface area contributed by atoms with Gasteiger partial charge in [-0.25, -0.2) is 4.98 Å². The smallest absolute Gasteiger partial charge is 0.348 e. The molecule has 0 aliphatic carbocycles. The molecule has 0 saturated carbocycles. The molecule has 5 heteroatoms. The van der Waals surface area contributed by atoms with Crippen LogP contribution < -0.4 is 0 Å². The van der Waals surface area contributed by atoms with E-state index in [0.29, 0.717) is 5.82 Å². The van der Waals surface area contributed by atoms with E-state index in [-0.39, 0.29) is 11.1 Å². The lowest BCUT2D eigenvalue weighted by molar-refractivity contribution is -0.138. The summed E-state index contributed by atoms with van der Waals surface area (Å²) in [6.45, 7) is 3.18. The van der Waals surface area contributed by atoms with Gasteiger partial charge in [0.25, 0.3) is 0 Å². The van der Waals surface area contributed by atoms with Crippen LogP contribution in [-0.2, 0) is 6.18 Å². The Labute approximate surface area is 103 Å². The number of H-pyrrole nitrogens is 1. The average Bonchev–Trinajstić information content (AvgIpc) is 2.79. The van der Waals surface area contributed by atoms with Crippen LogP contribution in [0.25, 0.3) is 0 Å². The summed E-state index contributed by atoms with van der Waals surface area (Å²) in [4.78, 5) is 6.88. The summed E-state index contributed by atoms with van der Waals surface area (Å²) >= 11 is 0. The Kier molecular flexibility index (Phi) is 3.15. The number of rotatable bonds is 2. The third kappa shape index (κ3) is 2.25. The van der Waals surface area contributed by atoms with Gasteiger partial charge in [0.1, 0.15) is 5.82 Å². The predicted octanol–water partition coefficient (Wildman–Crippen LogP) is 3.89. The summed E-state index contributed by atoms with van der Waals surface area (Å²) in [6, 6.07) is 4.61. The highest BCUT2D eigenvalue weighted by Crippen LogP contribution is 2.38. The van der Waals surface area contributed by atoms with Crippen LogP contribution in [0.4, 0.5) is 13.2 Å². The van der Waals surface area contributed by atoms with Crippen molar-refractivity contribution in [3.05, 3.63) is 53.1 Å². The van der Waals surface area contributed by atoms with E-state index in [2.05, 4.69) is 9.97 Å². The monoisotopic (exact) mass is 254 g/mol. The molecule has 2 nitrogen and oxygen atoms in total. The van der Waals surface area contributed by atoms with Gasteiger partial charge in [0.15, 0.2) is 0 Å². The minimum Gasteiger partial charge on any atom is -0.348 e. The highest BCUT2D eigenvalue weighted by atomic mass is 19.4. The van der Waals surface area contributed by atoms with Crippen LogP contribution in [0.5, 0.6) is 0 Å². The summed E-state index contributed by atoms with van der Waals surface area (Å²) in [5, 5.41) is 0. The molecule has 18 heavy (non-hydrogen) atoms. The molecule has 1 atom stereocenters. The molecule has 0 spiro atoms. The first kappa shape index (κ1) is 12.7. The Bertz CT molecular complexity index is 530. The van der Waals surface area contributed by atoms with Gasteiger partial charge in [0.05, 0.1) is 5.56 Å². The molecule has 1 aromatic heterocycles. The molecule has 0 amide bonds. The van der Waals surface area contributed by atoms with Crippen LogP contribution in [0.1, 0.15) is 35.4 Å². The molecule has 1 unspecified atom stereocenters. The number of nitrogens with zero attached hydrogens (tertiary/aromatic N) is 1. The van der Waals surface area contributed by atoms with Gasteiger partial charge >= 0.3 is 6.18 Å². The molecule has 1 N–H and O–H groups in total. The van der Waals surface area contributed by atoms with Crippen LogP contribution in [0.3, 0.4) is 0 Å². The first-order valence-corrected chi connectivity index (χ1v) is 5.57. The average molecular weight is 254 g/mol. The molecule has 0 aliphatic rings. The third-order valence-corrected chi connectivity index (χ3v) is 2.98. The van der Waals surface area contributed by atoms with Gasteiger partial charge in [-0.05, 0) is 18.1 Å². The Morgan fingerprint density at radius 1 is 1.28 bits per heavy atom. The number of hydrogen-bond donors (Lipinski definition) is 1. The lowest BCUT2D eigenvalue weighted by Gasteiger charge is -2.19. The topological polar surface area (TPSA) is 28.7 Å². The summed E-state index contributed by atoms with van der Waals surface area (Å²) in [5.41, 5.74) is -0.0789. The van der Waals surface area contributed by atoms with E-state index < -0.39 is 17.7 Å². The van der Waals surface area contributed by atoms with Crippen molar-refractivity contribution < 1.29 is 13.2 Å². The number of aryl methyl sites for hydroxylation is 1. The molecule has 96 valence electrons. The summed E-state index contributed by atoms with van der Waals surface area (Å²) in [6.07, 6.45) is -1.20. The Balaban J connectivity index is 2.55. The van der Waals surface area contributed by atoms with Gasteiger partial charge in [0.2, 0.25) is 0 Å². The number of alkyl halides is 3. The Morgan fingerprint density at radius 3 is 2.56 bits per heavy atom. The quantitative estimate of drug-likeness (QED) is 0.865. The second kappa shape index (κ2) is 4.48. The normalized spacial score (nSPS) is 13.6. The van der Waals surface area contributed by atoms with Crippen molar-refractivity contribution >= 4 is 0 Å². The number of benzene rings is 1. The molecule has 1 heterocycles. The van der Waals surface area contributed by atoms with Crippen LogP contribution in [0, 0.1) is 6.92 Å². The summed E-state index contributed by atoms with van der Waals surface area (Å²) < 4.78 is 39.2. The molecule has 0 saturated heterocycles. The maximum Gasteiger partial charge on any atom is 0.416 e. The SMILES string of the molecule is Cc1cccc(C(C)c2ncc[nH]2)c1C(F)(F)F. The predicted molar refractivity (Wildman–Crippen MR) is 62.3 cm³/mol. The maximum atomic E-state index is 13.1. The first-order valence-electron chi connectivity index (χ1n) is 5.57. The third-order valence-electron chi connectivity index (χ3n) is 2.98. The fourth-order valence-electron chi connectivity index (χ4n) is 2.10. The molecular formula is C13H13F3N2. The van der Waals surface area contributed by atoms with Crippen molar-refractivity contribution in [2.75, 3.05) is 0 Å². The lowest BCUT2D eigenvalue weighted by atomic mass is 9.92. The molecular weight excluding hydrogens is 241 g/mol. The van der Waals surface area contributed by atoms with Crippen molar-refractivity contribution in [1.29, 1.82) is 0 Å². The number of nitrogens with one attached hydrogen (secondary N) is 1. The number of imidazole rings is 1. The lowest BCUT2D eigenvalue weighted by Crippen LogP contribution is -2.14. The molecule has 2 aromatic rings. The molecule has 0 bridgehead atoms. The van der Waals surface area contributed by atoms with E-state index >= 15 is 0 Å². The maximum absolute atomic E-state index is 13.1. The van der Waals surface area contributed by atoms with Gasteiger partial charge in [-0.1, -0.05) is 25.1 Å². The number of aromatic nitrogens is 2. The molecule has 1 aromatic carbocycles. The van der Waals surface area contributed by atoms with Crippen LogP contribution >= 0.6 is 0 Å². The zero-order valence-electron chi connectivity index (χ0n) is 10.0. The van der Waals surface area contributed by atoms with Gasteiger partial charge in [-0.3, -0.25) is 0 Å². The van der Waals surface area contributed by atoms with Crippen LogP contribution in [0.2, 0.25) is 0 Å². The highest BCUT2D eigenvalue weighted by molar-refractivity contribution is 5.40. The number of halogens is 3. The van der Waals surface area contributed by atoms with E-state index in [4.69, 9.17) is 0 Å². The summed E-state index contributed by atoms with van der Waals surface area (Å²) in [7, 11) is 0. The standard InChI is InChI=1S/C13H13F3N2/c1-8-4-3-5-10(11(8)13(14,15)16)9(2)12-17-6-7-18-12/h3-7,9H,1-2H3,(H,17,18). The molecule has 2 rings (SSSR count). The minimum absolute atomic E-state index is 0.235. The second-order valence-corrected chi connectivity index (χ2v) is 4.23. The fourth-order valence-corrected chi connectivity index (χ4v) is 2.10. The van der Waals surface area contributed by atoms with E-state index in [1.807, 2.05) is 0 Å². The van der Waals surface area contributed by atoms with Crippen molar-refractivity contribution in [1.82, 2.24) is 9.97 Å². The van der Waals surface area contributed by atoms with Gasteiger partial charge in [-0.2, -0.15) is 13.2 Å². The minimum atomic E-state index is -4.35. The van der Waals surface area contributed by atoms with Crippen LogP contribution in [-0.4, -0.2) is 9.97 Å². The molecule has 0 aliphatic heterocycles. The Hall–Kier alpha value is -1.78.